The second-order valence-electron chi connectivity index (χ2n) is 5.32. The van der Waals surface area contributed by atoms with Crippen LogP contribution in [0.5, 0.6) is 0 Å². The van der Waals surface area contributed by atoms with Gasteiger partial charge in [-0.2, -0.15) is 0 Å². The molecule has 0 fully saturated rings. The molecule has 0 aromatic carbocycles. The minimum absolute atomic E-state index is 0.737. The summed E-state index contributed by atoms with van der Waals surface area (Å²) >= 11 is 0. The maximum Gasteiger partial charge on any atom is 0.0110 e. The molecule has 0 bridgehead atoms. The maximum atomic E-state index is 2.39. The van der Waals surface area contributed by atoms with Gasteiger partial charge in [0, 0.05) is 10.2 Å². The largest absolute Gasteiger partial charge is 0.0654 e. The summed E-state index contributed by atoms with van der Waals surface area (Å²) in [7, 11) is 1.38. The molecule has 0 aromatic heterocycles. The fourth-order valence-electron chi connectivity index (χ4n) is 2.69. The van der Waals surface area contributed by atoms with Crippen molar-refractivity contribution < 1.29 is 0 Å². The summed E-state index contributed by atoms with van der Waals surface area (Å²) in [5.41, 5.74) is 0. The van der Waals surface area contributed by atoms with Gasteiger partial charge in [0.1, 0.15) is 0 Å². The molecule has 1 heteroatoms. The minimum Gasteiger partial charge on any atom is -0.0654 e. The molecule has 1 atom stereocenters. The molecular weight excluding hydrogens is 196 g/mol. The van der Waals surface area contributed by atoms with E-state index in [1.807, 2.05) is 0 Å². The van der Waals surface area contributed by atoms with Crippen LogP contribution < -0.4 is 0 Å². The Morgan fingerprint density at radius 3 is 1.93 bits per heavy atom. The molecule has 0 aliphatic heterocycles. The van der Waals surface area contributed by atoms with Crippen molar-refractivity contribution >= 4 is 10.2 Å². The van der Waals surface area contributed by atoms with Crippen LogP contribution in [-0.4, -0.2) is 10.2 Å². The Kier molecular flexibility index (Phi) is 8.50. The van der Waals surface area contributed by atoms with Crippen LogP contribution >= 0.6 is 0 Å². The van der Waals surface area contributed by atoms with E-state index in [1.165, 1.54) is 61.6 Å². The first kappa shape index (κ1) is 15.2. The lowest BCUT2D eigenvalue weighted by molar-refractivity contribution is 0.297. The number of unbranched alkanes of at least 4 members (excludes halogenated alkanes) is 3. The molecule has 0 saturated heterocycles. The van der Waals surface area contributed by atoms with E-state index < -0.39 is 0 Å². The highest BCUT2D eigenvalue weighted by Crippen LogP contribution is 2.43. The van der Waals surface area contributed by atoms with E-state index in [9.17, 15) is 0 Å². The molecule has 1 unspecified atom stereocenters. The molecule has 0 rings (SSSR count). The molecule has 0 aliphatic rings. The Bertz CT molecular complexity index is 138. The summed E-state index contributed by atoms with van der Waals surface area (Å²) in [5, 5.41) is 0.737. The summed E-state index contributed by atoms with van der Waals surface area (Å²) < 4.78 is 0. The van der Waals surface area contributed by atoms with Crippen LogP contribution in [0.4, 0.5) is 0 Å². The molecule has 92 valence electrons. The Hall–Kier alpha value is 0.217. The van der Waals surface area contributed by atoms with E-state index in [0.29, 0.717) is 0 Å². The Labute approximate surface area is 101 Å². The molecule has 0 spiro atoms. The van der Waals surface area contributed by atoms with E-state index in [0.717, 1.165) is 11.0 Å². The van der Waals surface area contributed by atoms with Crippen molar-refractivity contribution in [2.75, 3.05) is 0 Å². The van der Waals surface area contributed by atoms with Crippen molar-refractivity contribution in [2.24, 2.45) is 5.92 Å². The van der Waals surface area contributed by atoms with Gasteiger partial charge >= 0.3 is 0 Å². The van der Waals surface area contributed by atoms with Gasteiger partial charge in [0.25, 0.3) is 0 Å². The summed E-state index contributed by atoms with van der Waals surface area (Å²) in [4.78, 5) is 0. The zero-order valence-corrected chi connectivity index (χ0v) is 13.7. The molecule has 0 saturated carbocycles. The highest BCUT2D eigenvalue weighted by Gasteiger charge is 2.28. The van der Waals surface area contributed by atoms with Crippen molar-refractivity contribution in [1.29, 1.82) is 0 Å². The van der Waals surface area contributed by atoms with E-state index >= 15 is 0 Å². The van der Waals surface area contributed by atoms with Gasteiger partial charge < -0.3 is 0 Å². The van der Waals surface area contributed by atoms with Crippen molar-refractivity contribution in [1.82, 2.24) is 0 Å². The molecule has 0 aliphatic carbocycles. The fourth-order valence-corrected chi connectivity index (χ4v) is 3.39. The van der Waals surface area contributed by atoms with Crippen molar-refractivity contribution in [2.45, 2.75) is 84.1 Å². The first-order chi connectivity index (χ1) is 7.14. The van der Waals surface area contributed by atoms with Crippen molar-refractivity contribution in [3.8, 4) is 0 Å². The second-order valence-corrected chi connectivity index (χ2v) is 7.31. The summed E-state index contributed by atoms with van der Waals surface area (Å²) in [6.45, 7) is 9.48. The zero-order chi connectivity index (χ0) is 11.7. The van der Waals surface area contributed by atoms with Gasteiger partial charge in [-0.25, -0.2) is 0 Å². The SMILES string of the molecule is CCCCCCC(CC)C([SiH3])(CC)CC. The molecule has 0 N–H and O–H groups in total. The van der Waals surface area contributed by atoms with Crippen LogP contribution in [-0.2, 0) is 0 Å². The van der Waals surface area contributed by atoms with Gasteiger partial charge in [0.05, 0.1) is 0 Å². The van der Waals surface area contributed by atoms with Crippen LogP contribution in [0, 0.1) is 5.92 Å². The molecular formula is C14H32Si. The third-order valence-corrected chi connectivity index (χ3v) is 6.73. The molecule has 0 radical (unpaired) electrons. The second kappa shape index (κ2) is 8.38. The van der Waals surface area contributed by atoms with Gasteiger partial charge in [-0.1, -0.05) is 79.1 Å². The Morgan fingerprint density at radius 2 is 1.53 bits per heavy atom. The van der Waals surface area contributed by atoms with E-state index in [-0.39, 0.29) is 0 Å². The Morgan fingerprint density at radius 1 is 0.933 bits per heavy atom. The van der Waals surface area contributed by atoms with Crippen molar-refractivity contribution in [3.63, 3.8) is 0 Å². The molecule has 0 amide bonds. The quantitative estimate of drug-likeness (QED) is 0.407. The van der Waals surface area contributed by atoms with Crippen molar-refractivity contribution in [3.05, 3.63) is 0 Å². The van der Waals surface area contributed by atoms with Gasteiger partial charge in [0.2, 0.25) is 0 Å². The van der Waals surface area contributed by atoms with Gasteiger partial charge in [0.15, 0.2) is 0 Å². The Balaban J connectivity index is 3.99. The lowest BCUT2D eigenvalue weighted by Gasteiger charge is -2.36. The van der Waals surface area contributed by atoms with Gasteiger partial charge in [-0.3, -0.25) is 0 Å². The molecule has 15 heavy (non-hydrogen) atoms. The summed E-state index contributed by atoms with van der Waals surface area (Å²) in [5.74, 6) is 1.01. The number of rotatable bonds is 9. The highest BCUT2D eigenvalue weighted by atomic mass is 28.1. The van der Waals surface area contributed by atoms with E-state index in [4.69, 9.17) is 0 Å². The zero-order valence-electron chi connectivity index (χ0n) is 11.7. The topological polar surface area (TPSA) is 0 Å². The first-order valence-electron chi connectivity index (χ1n) is 7.14. The predicted molar refractivity (Wildman–Crippen MR) is 75.8 cm³/mol. The number of hydrogen-bond acceptors (Lipinski definition) is 0. The first-order valence-corrected chi connectivity index (χ1v) is 8.14. The lowest BCUT2D eigenvalue weighted by atomic mass is 9.81. The molecule has 0 aromatic rings. The van der Waals surface area contributed by atoms with Crippen LogP contribution in [0.25, 0.3) is 0 Å². The lowest BCUT2D eigenvalue weighted by Crippen LogP contribution is -2.22. The predicted octanol–water partition coefficient (Wildman–Crippen LogP) is 4.33. The third-order valence-electron chi connectivity index (χ3n) is 4.50. The van der Waals surface area contributed by atoms with E-state index in [1.54, 1.807) is 0 Å². The highest BCUT2D eigenvalue weighted by molar-refractivity contribution is 6.15. The summed E-state index contributed by atoms with van der Waals surface area (Å²) in [6, 6.07) is 0. The molecule has 0 nitrogen and oxygen atoms in total. The van der Waals surface area contributed by atoms with Crippen LogP contribution in [0.3, 0.4) is 0 Å². The van der Waals surface area contributed by atoms with Crippen LogP contribution in [0.1, 0.15) is 79.1 Å². The fraction of sp³-hybridized carbons (Fsp3) is 1.00. The summed E-state index contributed by atoms with van der Waals surface area (Å²) in [6.07, 6.45) is 11.4. The average Bonchev–Trinajstić information content (AvgIpc) is 2.28. The van der Waals surface area contributed by atoms with Gasteiger partial charge in [-0.05, 0) is 11.0 Å². The normalized spacial score (nSPS) is 14.4. The van der Waals surface area contributed by atoms with Crippen LogP contribution in [0.15, 0.2) is 0 Å². The van der Waals surface area contributed by atoms with Crippen LogP contribution in [0.2, 0.25) is 5.04 Å². The monoisotopic (exact) mass is 228 g/mol. The third kappa shape index (κ3) is 5.19. The smallest absolute Gasteiger partial charge is 0.0110 e. The van der Waals surface area contributed by atoms with E-state index in [2.05, 4.69) is 27.7 Å². The number of hydrogen-bond donors (Lipinski definition) is 0. The van der Waals surface area contributed by atoms with Gasteiger partial charge in [-0.15, -0.1) is 0 Å². The molecule has 0 heterocycles. The standard InChI is InChI=1S/C14H32Si/c1-5-9-10-11-12-13(6-2)14(15,7-3)8-4/h13H,5-12H2,1-4,15H3. The average molecular weight is 228 g/mol. The minimum atomic E-state index is 0.737. The maximum absolute atomic E-state index is 2.39.